The quantitative estimate of drug-likeness (QED) is 0.365. The van der Waals surface area contributed by atoms with Crippen molar-refractivity contribution in [1.29, 1.82) is 0 Å². The molecule has 1 aromatic carbocycles. The van der Waals surface area contributed by atoms with Gasteiger partial charge in [-0.3, -0.25) is 9.69 Å². The van der Waals surface area contributed by atoms with Crippen molar-refractivity contribution < 1.29 is 23.1 Å². The van der Waals surface area contributed by atoms with Gasteiger partial charge in [0.1, 0.15) is 0 Å². The highest BCUT2D eigenvalue weighted by Crippen LogP contribution is 2.40. The minimum Gasteiger partial charge on any atom is -0.481 e. The maximum Gasteiger partial charge on any atom is 0.389 e. The van der Waals surface area contributed by atoms with Gasteiger partial charge in [-0.15, -0.1) is 0 Å². The summed E-state index contributed by atoms with van der Waals surface area (Å²) in [5.41, 5.74) is 2.31. The monoisotopic (exact) mass is 485 g/mol. The largest absolute Gasteiger partial charge is 0.481 e. The van der Waals surface area contributed by atoms with E-state index in [1.165, 1.54) is 5.56 Å². The second kappa shape index (κ2) is 10.9. The zero-order valence-corrected chi connectivity index (χ0v) is 22.1. The van der Waals surface area contributed by atoms with Crippen LogP contribution in [0.2, 0.25) is 25.7 Å². The summed E-state index contributed by atoms with van der Waals surface area (Å²) in [4.78, 5) is 13.6. The fourth-order valence-corrected chi connectivity index (χ4v) is 6.06. The van der Waals surface area contributed by atoms with Gasteiger partial charge in [-0.2, -0.15) is 13.2 Å². The van der Waals surface area contributed by atoms with Gasteiger partial charge in [0.2, 0.25) is 0 Å². The highest BCUT2D eigenvalue weighted by atomic mass is 28.3. The molecule has 2 rings (SSSR count). The average Bonchev–Trinajstić information content (AvgIpc) is 2.66. The Bertz CT molecular complexity index is 748. The molecule has 0 aliphatic carbocycles. The van der Waals surface area contributed by atoms with Crippen LogP contribution in [0.5, 0.6) is 0 Å². The molecule has 7 heteroatoms. The molecule has 1 saturated heterocycles. The third-order valence-corrected chi connectivity index (χ3v) is 8.62. The lowest BCUT2D eigenvalue weighted by Gasteiger charge is -2.45. The Balaban J connectivity index is 2.35. The van der Waals surface area contributed by atoms with E-state index >= 15 is 0 Å². The van der Waals surface area contributed by atoms with Crippen LogP contribution >= 0.6 is 0 Å². The number of carbonyl (C=O) groups is 1. The van der Waals surface area contributed by atoms with Crippen LogP contribution in [0.25, 0.3) is 0 Å². The van der Waals surface area contributed by atoms with Gasteiger partial charge in [0, 0.05) is 33.0 Å². The Morgan fingerprint density at radius 2 is 1.73 bits per heavy atom. The van der Waals surface area contributed by atoms with E-state index in [1.807, 2.05) is 0 Å². The van der Waals surface area contributed by atoms with Crippen molar-refractivity contribution in [1.82, 2.24) is 4.90 Å². The number of hydrogen-bond acceptors (Lipinski definition) is 2. The molecule has 3 unspecified atom stereocenters. The molecule has 0 aromatic heterocycles. The zero-order valence-electron chi connectivity index (χ0n) is 21.1. The number of rotatable bonds is 9. The molecule has 1 N–H and O–H groups in total. The van der Waals surface area contributed by atoms with Crippen LogP contribution in [0.1, 0.15) is 76.5 Å². The molecule has 0 amide bonds. The van der Waals surface area contributed by atoms with E-state index in [9.17, 15) is 23.1 Å². The van der Waals surface area contributed by atoms with E-state index in [1.54, 1.807) is 0 Å². The first-order valence-corrected chi connectivity index (χ1v) is 15.9. The minimum absolute atomic E-state index is 0.0171. The van der Waals surface area contributed by atoms with Crippen LogP contribution in [0.3, 0.4) is 0 Å². The molecule has 1 aliphatic heterocycles. The van der Waals surface area contributed by atoms with Crippen molar-refractivity contribution in [3.63, 3.8) is 0 Å². The van der Waals surface area contributed by atoms with Crippen molar-refractivity contribution in [2.75, 3.05) is 6.54 Å². The second-order valence-corrected chi connectivity index (χ2v) is 17.6. The van der Waals surface area contributed by atoms with Crippen molar-refractivity contribution in [3.05, 3.63) is 35.4 Å². The van der Waals surface area contributed by atoms with Crippen LogP contribution in [0, 0.1) is 5.92 Å². The Labute approximate surface area is 198 Å². The maximum atomic E-state index is 13.2. The minimum atomic E-state index is -4.16. The third-order valence-electron chi connectivity index (χ3n) is 6.83. The Hall–Kier alpha value is -1.34. The highest BCUT2D eigenvalue weighted by molar-refractivity contribution is 6.76. The summed E-state index contributed by atoms with van der Waals surface area (Å²) in [5, 5.41) is 9.34. The smallest absolute Gasteiger partial charge is 0.389 e. The van der Waals surface area contributed by atoms with Crippen molar-refractivity contribution in [2.24, 2.45) is 5.92 Å². The number of likely N-dealkylation sites (tertiary alicyclic amines) is 1. The Kier molecular flexibility index (Phi) is 9.24. The van der Waals surface area contributed by atoms with E-state index in [2.05, 4.69) is 69.6 Å². The van der Waals surface area contributed by atoms with Gasteiger partial charge in [0.15, 0.2) is 0 Å². The first kappa shape index (κ1) is 27.9. The maximum absolute atomic E-state index is 13.2. The zero-order chi connectivity index (χ0) is 25.0. The van der Waals surface area contributed by atoms with Crippen LogP contribution in [0.4, 0.5) is 13.2 Å². The molecule has 0 saturated carbocycles. The van der Waals surface area contributed by atoms with Crippen LogP contribution < -0.4 is 0 Å². The van der Waals surface area contributed by atoms with Gasteiger partial charge < -0.3 is 5.11 Å². The lowest BCUT2D eigenvalue weighted by atomic mass is 9.82. The molecule has 0 radical (unpaired) electrons. The fourth-order valence-electron chi connectivity index (χ4n) is 4.86. The van der Waals surface area contributed by atoms with Crippen molar-refractivity contribution in [3.8, 4) is 0 Å². The summed E-state index contributed by atoms with van der Waals surface area (Å²) in [6.45, 7) is 13.9. The SMILES string of the molecule is CC(C)(C)c1ccc(C2CC(CC(=O)O)CCN2C(CCC(F)(F)F)CC[Si](C)(C)C)cc1. The first-order valence-electron chi connectivity index (χ1n) is 12.2. The molecule has 1 fully saturated rings. The van der Waals surface area contributed by atoms with Gasteiger partial charge in [-0.25, -0.2) is 0 Å². The summed E-state index contributed by atoms with van der Waals surface area (Å²) in [6, 6.07) is 9.22. The number of nitrogens with zero attached hydrogens (tertiary/aromatic N) is 1. The van der Waals surface area contributed by atoms with E-state index in [0.29, 0.717) is 13.0 Å². The lowest BCUT2D eigenvalue weighted by Crippen LogP contribution is -2.45. The number of alkyl halides is 3. The highest BCUT2D eigenvalue weighted by Gasteiger charge is 2.37. The molecule has 0 spiro atoms. The van der Waals surface area contributed by atoms with Crippen LogP contribution in [-0.2, 0) is 10.2 Å². The topological polar surface area (TPSA) is 40.5 Å². The third kappa shape index (κ3) is 9.43. The molecule has 33 heavy (non-hydrogen) atoms. The number of halogens is 3. The van der Waals surface area contributed by atoms with Crippen molar-refractivity contribution in [2.45, 2.75) is 109 Å². The normalized spacial score (nSPS) is 21.7. The van der Waals surface area contributed by atoms with Crippen LogP contribution in [0.15, 0.2) is 24.3 Å². The first-order chi connectivity index (χ1) is 15.0. The summed E-state index contributed by atoms with van der Waals surface area (Å²) in [5.74, 6) is -0.756. The van der Waals surface area contributed by atoms with Gasteiger partial charge in [0.25, 0.3) is 0 Å². The molecule has 0 bridgehead atoms. The molecule has 3 atom stereocenters. The predicted molar refractivity (Wildman–Crippen MR) is 131 cm³/mol. The number of carboxylic acids is 1. The molecular weight excluding hydrogens is 443 g/mol. The Morgan fingerprint density at radius 1 is 1.12 bits per heavy atom. The number of aliphatic carboxylic acids is 1. The predicted octanol–water partition coefficient (Wildman–Crippen LogP) is 7.65. The Morgan fingerprint density at radius 3 is 2.21 bits per heavy atom. The number of carboxylic acid groups (broad SMARTS) is 1. The van der Waals surface area contributed by atoms with Gasteiger partial charge in [-0.1, -0.05) is 70.7 Å². The summed E-state index contributed by atoms with van der Waals surface area (Å²) in [6.07, 6.45) is -2.54. The van der Waals surface area contributed by atoms with E-state index in [4.69, 9.17) is 0 Å². The fraction of sp³-hybridized carbons (Fsp3) is 0.731. The summed E-state index contributed by atoms with van der Waals surface area (Å²) < 4.78 is 39.5. The molecule has 1 aliphatic rings. The number of hydrogen-bond donors (Lipinski definition) is 1. The number of piperidine rings is 1. The molecule has 1 heterocycles. The van der Waals surface area contributed by atoms with E-state index < -0.39 is 26.6 Å². The molecule has 188 valence electrons. The van der Waals surface area contributed by atoms with Crippen LogP contribution in [-0.4, -0.2) is 42.8 Å². The molecular formula is C26H42F3NO2Si. The van der Waals surface area contributed by atoms with Gasteiger partial charge in [-0.05, 0) is 54.7 Å². The number of benzene rings is 1. The average molecular weight is 486 g/mol. The second-order valence-electron chi connectivity index (χ2n) is 12.0. The lowest BCUT2D eigenvalue weighted by molar-refractivity contribution is -0.141. The van der Waals surface area contributed by atoms with Gasteiger partial charge in [0.05, 0.1) is 0 Å². The van der Waals surface area contributed by atoms with E-state index in [0.717, 1.165) is 24.4 Å². The molecule has 3 nitrogen and oxygen atoms in total. The molecule has 1 aromatic rings. The summed E-state index contributed by atoms with van der Waals surface area (Å²) >= 11 is 0. The summed E-state index contributed by atoms with van der Waals surface area (Å²) in [7, 11) is -1.41. The van der Waals surface area contributed by atoms with Crippen molar-refractivity contribution >= 4 is 14.0 Å². The van der Waals surface area contributed by atoms with Gasteiger partial charge >= 0.3 is 12.1 Å². The standard InChI is InChI=1S/C26H42F3NO2Si/c1-25(2,3)21-9-7-20(8-10-21)23-17-19(18-24(31)32)12-15-30(23)22(11-14-26(27,28)29)13-16-33(4,5)6/h7-10,19,22-23H,11-18H2,1-6H3,(H,31,32). The van der Waals surface area contributed by atoms with E-state index in [-0.39, 0.29) is 36.3 Å².